The Morgan fingerprint density at radius 2 is 1.68 bits per heavy atom. The highest BCUT2D eigenvalue weighted by Gasteiger charge is 2.28. The molecule has 0 amide bonds. The summed E-state index contributed by atoms with van der Waals surface area (Å²) in [5.74, 6) is 0.953. The summed E-state index contributed by atoms with van der Waals surface area (Å²) < 4.78 is 0. The first kappa shape index (κ1) is 12.4. The predicted molar refractivity (Wildman–Crippen MR) is 76.3 cm³/mol. The van der Waals surface area contributed by atoms with Crippen LogP contribution in [-0.2, 0) is 0 Å². The summed E-state index contributed by atoms with van der Waals surface area (Å²) in [5.41, 5.74) is 2.29. The van der Waals surface area contributed by atoms with Crippen LogP contribution in [0.3, 0.4) is 0 Å². The third-order valence-corrected chi connectivity index (χ3v) is 3.86. The third-order valence-electron chi connectivity index (χ3n) is 3.86. The van der Waals surface area contributed by atoms with Gasteiger partial charge >= 0.3 is 0 Å². The molecule has 0 unspecified atom stereocenters. The van der Waals surface area contributed by atoms with E-state index < -0.39 is 5.60 Å². The number of benzene rings is 1. The fourth-order valence-corrected chi connectivity index (χ4v) is 2.58. The summed E-state index contributed by atoms with van der Waals surface area (Å²) in [6.07, 6.45) is 1.56. The van der Waals surface area contributed by atoms with Crippen molar-refractivity contribution in [1.29, 1.82) is 0 Å². The number of aliphatic hydroxyl groups is 1. The average molecular weight is 257 g/mol. The summed E-state index contributed by atoms with van der Waals surface area (Å²) in [6.45, 7) is 5.58. The Balaban J connectivity index is 1.95. The van der Waals surface area contributed by atoms with Gasteiger partial charge in [0.1, 0.15) is 0 Å². The van der Waals surface area contributed by atoms with E-state index in [0.717, 1.165) is 48.5 Å². The molecule has 1 aromatic heterocycles. The van der Waals surface area contributed by atoms with Crippen LogP contribution in [0.2, 0.25) is 0 Å². The molecule has 0 saturated carbocycles. The van der Waals surface area contributed by atoms with Crippen LogP contribution < -0.4 is 4.90 Å². The topological polar surface area (TPSA) is 49.2 Å². The fourth-order valence-electron chi connectivity index (χ4n) is 2.58. The fraction of sp³-hybridized carbons (Fsp3) is 0.467. The van der Waals surface area contributed by atoms with E-state index in [1.54, 1.807) is 0 Å². The number of hydrogen-bond donors (Lipinski definition) is 1. The zero-order valence-corrected chi connectivity index (χ0v) is 11.4. The molecule has 1 N–H and O–H groups in total. The van der Waals surface area contributed by atoms with Crippen LogP contribution in [0.4, 0.5) is 5.82 Å². The first-order chi connectivity index (χ1) is 9.05. The van der Waals surface area contributed by atoms with Crippen LogP contribution in [0, 0.1) is 6.92 Å². The monoisotopic (exact) mass is 257 g/mol. The van der Waals surface area contributed by atoms with E-state index in [1.165, 1.54) is 0 Å². The largest absolute Gasteiger partial charge is 0.390 e. The van der Waals surface area contributed by atoms with E-state index in [4.69, 9.17) is 4.98 Å². The third kappa shape index (κ3) is 2.40. The van der Waals surface area contributed by atoms with Gasteiger partial charge < -0.3 is 10.0 Å². The molecule has 1 aliphatic rings. The first-order valence-electron chi connectivity index (χ1n) is 6.76. The van der Waals surface area contributed by atoms with Crippen molar-refractivity contribution < 1.29 is 5.11 Å². The van der Waals surface area contributed by atoms with E-state index in [0.29, 0.717) is 0 Å². The molecule has 3 rings (SSSR count). The van der Waals surface area contributed by atoms with E-state index >= 15 is 0 Å². The van der Waals surface area contributed by atoms with Crippen LogP contribution in [0.5, 0.6) is 0 Å². The van der Waals surface area contributed by atoms with Gasteiger partial charge in [-0.15, -0.1) is 0 Å². The van der Waals surface area contributed by atoms with Gasteiger partial charge in [-0.05, 0) is 38.8 Å². The number of fused-ring (bicyclic) bond motifs is 1. The molecule has 1 aromatic carbocycles. The minimum atomic E-state index is -0.533. The SMILES string of the molecule is Cc1nc2ccccc2nc1N1CCC(C)(O)CC1. The van der Waals surface area contributed by atoms with Gasteiger partial charge in [0.25, 0.3) is 0 Å². The van der Waals surface area contributed by atoms with Gasteiger partial charge in [0.2, 0.25) is 0 Å². The summed E-state index contributed by atoms with van der Waals surface area (Å²) in [5, 5.41) is 10.0. The van der Waals surface area contributed by atoms with Gasteiger partial charge in [-0.1, -0.05) is 12.1 Å². The summed E-state index contributed by atoms with van der Waals surface area (Å²) >= 11 is 0. The second kappa shape index (κ2) is 4.46. The lowest BCUT2D eigenvalue weighted by Gasteiger charge is -2.36. The lowest BCUT2D eigenvalue weighted by molar-refractivity contribution is 0.0350. The summed E-state index contributed by atoms with van der Waals surface area (Å²) in [4.78, 5) is 11.6. The van der Waals surface area contributed by atoms with Gasteiger partial charge in [-0.3, -0.25) is 0 Å². The standard InChI is InChI=1S/C15H19N3O/c1-11-14(18-9-7-15(2,19)8-10-18)17-13-6-4-3-5-12(13)16-11/h3-6,19H,7-10H2,1-2H3. The Morgan fingerprint density at radius 3 is 2.32 bits per heavy atom. The molecule has 4 nitrogen and oxygen atoms in total. The normalized spacial score (nSPS) is 18.8. The number of anilines is 1. The van der Waals surface area contributed by atoms with E-state index in [1.807, 2.05) is 38.1 Å². The lowest BCUT2D eigenvalue weighted by atomic mass is 9.94. The molecule has 2 aromatic rings. The first-order valence-corrected chi connectivity index (χ1v) is 6.76. The number of piperidine rings is 1. The molecule has 1 saturated heterocycles. The molecule has 100 valence electrons. The smallest absolute Gasteiger partial charge is 0.150 e. The Hall–Kier alpha value is -1.68. The van der Waals surface area contributed by atoms with Crippen LogP contribution in [0.25, 0.3) is 11.0 Å². The van der Waals surface area contributed by atoms with Crippen LogP contribution >= 0.6 is 0 Å². The van der Waals surface area contributed by atoms with Gasteiger partial charge in [0.15, 0.2) is 5.82 Å². The predicted octanol–water partition coefficient (Wildman–Crippen LogP) is 2.29. The van der Waals surface area contributed by atoms with Crippen LogP contribution in [0.1, 0.15) is 25.5 Å². The van der Waals surface area contributed by atoms with Crippen molar-refractivity contribution in [3.63, 3.8) is 0 Å². The summed E-state index contributed by atoms with van der Waals surface area (Å²) in [6, 6.07) is 7.94. The maximum Gasteiger partial charge on any atom is 0.150 e. The highest BCUT2D eigenvalue weighted by Crippen LogP contribution is 2.27. The molecular weight excluding hydrogens is 238 g/mol. The Bertz CT molecular complexity index is 599. The van der Waals surface area contributed by atoms with Crippen LogP contribution in [-0.4, -0.2) is 33.8 Å². The minimum Gasteiger partial charge on any atom is -0.390 e. The van der Waals surface area contributed by atoms with Crippen molar-refractivity contribution in [2.45, 2.75) is 32.3 Å². The molecular formula is C15H19N3O. The molecule has 2 heterocycles. The zero-order chi connectivity index (χ0) is 13.5. The Kier molecular flexibility index (Phi) is 2.90. The van der Waals surface area contributed by atoms with Gasteiger partial charge in [-0.25, -0.2) is 9.97 Å². The van der Waals surface area contributed by atoms with Crippen LogP contribution in [0.15, 0.2) is 24.3 Å². The molecule has 19 heavy (non-hydrogen) atoms. The van der Waals surface area contributed by atoms with Crippen molar-refractivity contribution in [2.24, 2.45) is 0 Å². The maximum atomic E-state index is 10.0. The van der Waals surface area contributed by atoms with Crippen molar-refractivity contribution in [1.82, 2.24) is 9.97 Å². The molecule has 0 aliphatic carbocycles. The maximum absolute atomic E-state index is 10.0. The van der Waals surface area contributed by atoms with Gasteiger partial charge in [0, 0.05) is 13.1 Å². The van der Waals surface area contributed by atoms with E-state index in [9.17, 15) is 5.11 Å². The van der Waals surface area contributed by atoms with E-state index in [-0.39, 0.29) is 0 Å². The number of aryl methyl sites for hydroxylation is 1. The lowest BCUT2D eigenvalue weighted by Crippen LogP contribution is -2.43. The van der Waals surface area contributed by atoms with Crippen molar-refractivity contribution in [2.75, 3.05) is 18.0 Å². The molecule has 0 atom stereocenters. The number of para-hydroxylation sites is 2. The number of aromatic nitrogens is 2. The molecule has 0 radical (unpaired) electrons. The number of rotatable bonds is 1. The number of hydrogen-bond acceptors (Lipinski definition) is 4. The van der Waals surface area contributed by atoms with Crippen molar-refractivity contribution in [3.05, 3.63) is 30.0 Å². The molecule has 1 aliphatic heterocycles. The van der Waals surface area contributed by atoms with Gasteiger partial charge in [0.05, 0.1) is 22.3 Å². The van der Waals surface area contributed by atoms with Gasteiger partial charge in [-0.2, -0.15) is 0 Å². The quantitative estimate of drug-likeness (QED) is 0.851. The highest BCUT2D eigenvalue weighted by atomic mass is 16.3. The second-order valence-corrected chi connectivity index (χ2v) is 5.61. The van der Waals surface area contributed by atoms with Crippen molar-refractivity contribution >= 4 is 16.9 Å². The second-order valence-electron chi connectivity index (χ2n) is 5.61. The summed E-state index contributed by atoms with van der Waals surface area (Å²) in [7, 11) is 0. The minimum absolute atomic E-state index is 0.533. The zero-order valence-electron chi connectivity index (χ0n) is 11.4. The number of nitrogens with zero attached hydrogens (tertiary/aromatic N) is 3. The molecule has 1 fully saturated rings. The highest BCUT2D eigenvalue weighted by molar-refractivity contribution is 5.76. The Morgan fingerprint density at radius 1 is 1.11 bits per heavy atom. The molecule has 0 bridgehead atoms. The van der Waals surface area contributed by atoms with E-state index in [2.05, 4.69) is 9.88 Å². The molecule has 4 heteroatoms. The molecule has 0 spiro atoms. The average Bonchev–Trinajstić information content (AvgIpc) is 2.38. The Labute approximate surface area is 113 Å². The van der Waals surface area contributed by atoms with Crippen molar-refractivity contribution in [3.8, 4) is 0 Å².